The van der Waals surface area contributed by atoms with Gasteiger partial charge >= 0.3 is 17.9 Å². The van der Waals surface area contributed by atoms with Crippen molar-refractivity contribution in [1.29, 1.82) is 0 Å². The molecule has 0 aromatic rings. The molecule has 0 saturated carbocycles. The molecule has 0 fully saturated rings. The Morgan fingerprint density at radius 3 is 0.835 bits per heavy atom. The van der Waals surface area contributed by atoms with Crippen LogP contribution in [0.4, 0.5) is 0 Å². The van der Waals surface area contributed by atoms with Gasteiger partial charge in [0, 0.05) is 12.8 Å². The normalized spacial score (nSPS) is 12.9. The van der Waals surface area contributed by atoms with Gasteiger partial charge in [0.2, 0.25) is 0 Å². The van der Waals surface area contributed by atoms with Crippen LogP contribution in [-0.4, -0.2) is 87.4 Å². The average Bonchev–Trinajstić information content (AvgIpc) is 0.985. The van der Waals surface area contributed by atoms with Crippen molar-refractivity contribution in [3.8, 4) is 0 Å². The summed E-state index contributed by atoms with van der Waals surface area (Å²) >= 11 is 0. The molecule has 0 spiro atoms. The maximum atomic E-state index is 13.0. The number of unbranched alkanes of at least 4 members (excludes halogenated alkanes) is 58. The van der Waals surface area contributed by atoms with Crippen LogP contribution in [-0.2, 0) is 33.3 Å². The number of ether oxygens (including phenoxy) is 4. The Bertz CT molecular complexity index is 1930. The molecule has 2 unspecified atom stereocenters. The summed E-state index contributed by atoms with van der Waals surface area (Å²) in [5.74, 6) is -1.97. The van der Waals surface area contributed by atoms with E-state index in [1.807, 2.05) is 21.1 Å². The van der Waals surface area contributed by atoms with Crippen LogP contribution in [0.2, 0.25) is 0 Å². The van der Waals surface area contributed by atoms with Crippen molar-refractivity contribution in [2.75, 3.05) is 47.5 Å². The number of rotatable bonds is 85. The SMILES string of the molecule is CC/C=C\C/C=C\C/C=C\C/C=C\C/C=C\CCCCCCCCCCCCCCCCCCCCCCCCCC(=O)OC(COC(=O)CCCCCCCCCCCCCCCCCCCCCCCCCCCCC/C=C\CCCCCCCCCC)COC(OCC[N+](C)(C)C)C(=O)O. The molecule has 9 nitrogen and oxygen atoms in total. The molecule has 1 N–H and O–H groups in total. The molecule has 103 heavy (non-hydrogen) atoms. The fourth-order valence-electron chi connectivity index (χ4n) is 13.6. The third-order valence-corrected chi connectivity index (χ3v) is 20.4. The zero-order valence-corrected chi connectivity index (χ0v) is 69.2. The molecule has 0 aliphatic carbocycles. The topological polar surface area (TPSA) is 108 Å². The lowest BCUT2D eigenvalue weighted by Crippen LogP contribution is -2.40. The van der Waals surface area contributed by atoms with Gasteiger partial charge in [-0.05, 0) is 83.5 Å². The van der Waals surface area contributed by atoms with E-state index in [0.717, 1.165) is 70.6 Å². The molecule has 0 aliphatic heterocycles. The summed E-state index contributed by atoms with van der Waals surface area (Å²) in [6, 6.07) is 0. The van der Waals surface area contributed by atoms with E-state index >= 15 is 0 Å². The number of carboxylic acids is 1. The summed E-state index contributed by atoms with van der Waals surface area (Å²) in [6.45, 7) is 4.84. The summed E-state index contributed by atoms with van der Waals surface area (Å²) in [6.07, 6.45) is 113. The molecule has 0 heterocycles. The maximum absolute atomic E-state index is 13.0. The number of quaternary nitrogens is 1. The van der Waals surface area contributed by atoms with Gasteiger partial charge in [-0.25, -0.2) is 4.79 Å². The summed E-state index contributed by atoms with van der Waals surface area (Å²) in [5, 5.41) is 9.80. The molecule has 602 valence electrons. The number of aliphatic carboxylic acids is 1. The molecule has 0 aliphatic rings. The molecular weight excluding hydrogens is 1270 g/mol. The van der Waals surface area contributed by atoms with E-state index in [-0.39, 0.29) is 38.2 Å². The van der Waals surface area contributed by atoms with Crippen molar-refractivity contribution in [2.24, 2.45) is 0 Å². The zero-order valence-electron chi connectivity index (χ0n) is 69.2. The van der Waals surface area contributed by atoms with Crippen molar-refractivity contribution < 1.29 is 42.9 Å². The second-order valence-electron chi connectivity index (χ2n) is 31.9. The van der Waals surface area contributed by atoms with Crippen molar-refractivity contribution in [2.45, 2.75) is 463 Å². The monoisotopic (exact) mass is 1450 g/mol. The number of carboxylic acid groups (broad SMARTS) is 1. The predicted molar refractivity (Wildman–Crippen MR) is 447 cm³/mol. The predicted octanol–water partition coefficient (Wildman–Crippen LogP) is 29.5. The molecule has 0 radical (unpaired) electrons. The van der Waals surface area contributed by atoms with Crippen LogP contribution < -0.4 is 0 Å². The molecule has 0 aromatic heterocycles. The number of likely N-dealkylation sites (N-methyl/N-ethyl adjacent to an activating group) is 1. The summed E-state index contributed by atoms with van der Waals surface area (Å²) in [5.41, 5.74) is 0. The van der Waals surface area contributed by atoms with Gasteiger partial charge in [-0.1, -0.05) is 427 Å². The minimum Gasteiger partial charge on any atom is -0.477 e. The van der Waals surface area contributed by atoms with Crippen molar-refractivity contribution in [3.63, 3.8) is 0 Å². The van der Waals surface area contributed by atoms with Gasteiger partial charge < -0.3 is 28.5 Å². The number of nitrogens with zero attached hydrogens (tertiary/aromatic N) is 1. The Morgan fingerprint density at radius 1 is 0.301 bits per heavy atom. The minimum atomic E-state index is -1.51. The van der Waals surface area contributed by atoms with E-state index in [1.165, 1.54) is 353 Å². The van der Waals surface area contributed by atoms with Gasteiger partial charge in [-0.2, -0.15) is 0 Å². The van der Waals surface area contributed by atoms with Crippen molar-refractivity contribution in [1.82, 2.24) is 0 Å². The highest BCUT2D eigenvalue weighted by atomic mass is 16.7. The number of carbonyl (C=O) groups is 3. The first kappa shape index (κ1) is 99.7. The molecule has 0 bridgehead atoms. The summed E-state index contributed by atoms with van der Waals surface area (Å²) in [4.78, 5) is 37.8. The van der Waals surface area contributed by atoms with E-state index in [1.54, 1.807) is 0 Å². The first-order valence-corrected chi connectivity index (χ1v) is 45.1. The van der Waals surface area contributed by atoms with Crippen molar-refractivity contribution >= 4 is 17.9 Å². The Labute approximate surface area is 640 Å². The molecular formula is C94H174NO8+. The fraction of sp³-hybridized carbons (Fsp3) is 0.840. The largest absolute Gasteiger partial charge is 0.477 e. The van der Waals surface area contributed by atoms with Crippen LogP contribution in [0.15, 0.2) is 72.9 Å². The highest BCUT2D eigenvalue weighted by Crippen LogP contribution is 2.21. The van der Waals surface area contributed by atoms with Gasteiger partial charge in [0.25, 0.3) is 6.29 Å². The Balaban J connectivity index is 3.90. The number of carbonyl (C=O) groups excluding carboxylic acids is 2. The lowest BCUT2D eigenvalue weighted by molar-refractivity contribution is -0.870. The molecule has 0 saturated heterocycles. The lowest BCUT2D eigenvalue weighted by Gasteiger charge is -2.25. The number of hydrogen-bond donors (Lipinski definition) is 1. The van der Waals surface area contributed by atoms with E-state index in [0.29, 0.717) is 17.4 Å². The smallest absolute Gasteiger partial charge is 0.361 e. The first-order chi connectivity index (χ1) is 50.6. The van der Waals surface area contributed by atoms with Crippen molar-refractivity contribution in [3.05, 3.63) is 72.9 Å². The van der Waals surface area contributed by atoms with Crippen LogP contribution in [0.25, 0.3) is 0 Å². The minimum absolute atomic E-state index is 0.176. The van der Waals surface area contributed by atoms with E-state index in [2.05, 4.69) is 86.8 Å². The third-order valence-electron chi connectivity index (χ3n) is 20.4. The quantitative estimate of drug-likeness (QED) is 0.0211. The Hall–Kier alpha value is -3.27. The highest BCUT2D eigenvalue weighted by molar-refractivity contribution is 5.71. The van der Waals surface area contributed by atoms with Crippen LogP contribution in [0.3, 0.4) is 0 Å². The van der Waals surface area contributed by atoms with Gasteiger partial charge in [0.05, 0.1) is 34.4 Å². The number of allylic oxidation sites excluding steroid dienone is 12. The number of hydrogen-bond acceptors (Lipinski definition) is 7. The average molecular weight is 1450 g/mol. The maximum Gasteiger partial charge on any atom is 0.361 e. The molecule has 2 atom stereocenters. The van der Waals surface area contributed by atoms with Gasteiger partial charge in [-0.15, -0.1) is 0 Å². The van der Waals surface area contributed by atoms with E-state index in [4.69, 9.17) is 18.9 Å². The zero-order chi connectivity index (χ0) is 74.6. The van der Waals surface area contributed by atoms with Gasteiger partial charge in [0.15, 0.2) is 6.10 Å². The molecule has 0 rings (SSSR count). The molecule has 0 amide bonds. The Morgan fingerprint density at radius 2 is 0.553 bits per heavy atom. The Kier molecular flexibility index (Phi) is 81.7. The van der Waals surface area contributed by atoms with Crippen LogP contribution >= 0.6 is 0 Å². The molecule has 9 heteroatoms. The second kappa shape index (κ2) is 84.4. The lowest BCUT2D eigenvalue weighted by atomic mass is 10.0. The third kappa shape index (κ3) is 85.9. The number of esters is 2. The summed E-state index contributed by atoms with van der Waals surface area (Å²) < 4.78 is 23.1. The highest BCUT2D eigenvalue weighted by Gasteiger charge is 2.25. The van der Waals surface area contributed by atoms with Gasteiger partial charge in [-0.3, -0.25) is 9.59 Å². The second-order valence-corrected chi connectivity index (χ2v) is 31.9. The first-order valence-electron chi connectivity index (χ1n) is 45.1. The summed E-state index contributed by atoms with van der Waals surface area (Å²) in [7, 11) is 6.00. The fourth-order valence-corrected chi connectivity index (χ4v) is 13.6. The van der Waals surface area contributed by atoms with E-state index in [9.17, 15) is 19.5 Å². The van der Waals surface area contributed by atoms with E-state index < -0.39 is 18.4 Å². The van der Waals surface area contributed by atoms with Crippen LogP contribution in [0.1, 0.15) is 450 Å². The molecule has 0 aromatic carbocycles. The van der Waals surface area contributed by atoms with Gasteiger partial charge in [0.1, 0.15) is 13.2 Å². The standard InChI is InChI=1S/C94H173NO8/c1-6-8-10-12-14-16-18-20-22-24-26-28-30-32-34-36-38-40-42-44-46-48-50-52-54-56-58-60-62-64-66-68-70-72-74-76-78-80-82-84-91(96)101-88-90(89-102-94(93(98)99)100-87-86-95(3,4)5)103-92(97)85-83-81-79-77-75-73-71-69-67-65-63-61-59-57-55-53-51-49-47-45-43-41-39-37-35-33-31-29-27-25-23-21-19-17-15-13-11-9-7-2/h9,11,15,17,21,23-24,26-27,29,33,35,90,94H,6-8,10,12-14,16,18-20,22,25,28,30-32,34,36-89H2,1-5H3/p+1/b11-9-,17-15-,23-21-,26-24-,29-27-,35-33-. The van der Waals surface area contributed by atoms with Crippen LogP contribution in [0, 0.1) is 0 Å². The van der Waals surface area contributed by atoms with Crippen LogP contribution in [0.5, 0.6) is 0 Å².